The molecular formula is C14H20N2O5. The number of nitro benzene ring substituents is 1. The number of carbonyl (C=O) groups excluding carboxylic acids is 1. The average Bonchev–Trinajstić information content (AvgIpc) is 2.36. The summed E-state index contributed by atoms with van der Waals surface area (Å²) in [6.45, 7) is 4.99. The van der Waals surface area contributed by atoms with Gasteiger partial charge in [-0.15, -0.1) is 0 Å². The summed E-state index contributed by atoms with van der Waals surface area (Å²) in [6, 6.07) is 5.45. The Labute approximate surface area is 123 Å². The molecule has 0 aliphatic heterocycles. The van der Waals surface area contributed by atoms with E-state index in [0.717, 1.165) is 5.56 Å². The van der Waals surface area contributed by atoms with Crippen molar-refractivity contribution in [2.24, 2.45) is 0 Å². The minimum atomic E-state index is -0.614. The van der Waals surface area contributed by atoms with Gasteiger partial charge < -0.3 is 15.2 Å². The monoisotopic (exact) mass is 296 g/mol. The van der Waals surface area contributed by atoms with E-state index in [-0.39, 0.29) is 12.3 Å². The van der Waals surface area contributed by atoms with Gasteiger partial charge in [0.15, 0.2) is 0 Å². The van der Waals surface area contributed by atoms with E-state index in [0.29, 0.717) is 6.42 Å². The van der Waals surface area contributed by atoms with Crippen LogP contribution in [0.1, 0.15) is 26.3 Å². The number of non-ortho nitro benzene ring substituents is 1. The number of rotatable bonds is 5. The van der Waals surface area contributed by atoms with Crippen molar-refractivity contribution in [3.63, 3.8) is 0 Å². The number of carbonyl (C=O) groups is 1. The predicted molar refractivity (Wildman–Crippen MR) is 77.0 cm³/mol. The fourth-order valence-electron chi connectivity index (χ4n) is 1.67. The van der Waals surface area contributed by atoms with Crippen LogP contribution in [-0.2, 0) is 11.2 Å². The highest BCUT2D eigenvalue weighted by Gasteiger charge is 2.19. The number of nitro groups is 1. The van der Waals surface area contributed by atoms with Crippen LogP contribution in [0.5, 0.6) is 0 Å². The van der Waals surface area contributed by atoms with E-state index in [9.17, 15) is 20.0 Å². The van der Waals surface area contributed by atoms with Gasteiger partial charge in [-0.25, -0.2) is 4.79 Å². The smallest absolute Gasteiger partial charge is 0.407 e. The van der Waals surface area contributed by atoms with Crippen molar-refractivity contribution in [2.75, 3.05) is 6.61 Å². The lowest BCUT2D eigenvalue weighted by molar-refractivity contribution is -0.384. The number of amides is 1. The Balaban J connectivity index is 2.61. The third-order valence-corrected chi connectivity index (χ3v) is 2.57. The molecule has 1 aromatic rings. The maximum absolute atomic E-state index is 11.6. The molecule has 0 aromatic heterocycles. The normalized spacial score (nSPS) is 12.6. The summed E-state index contributed by atoms with van der Waals surface area (Å²) in [6.07, 6.45) is -0.253. The van der Waals surface area contributed by atoms with Gasteiger partial charge in [-0.05, 0) is 32.8 Å². The van der Waals surface area contributed by atoms with Crippen LogP contribution < -0.4 is 5.32 Å². The van der Waals surface area contributed by atoms with Gasteiger partial charge in [0.05, 0.1) is 17.6 Å². The van der Waals surface area contributed by atoms with Crippen LogP contribution in [0, 0.1) is 10.1 Å². The number of hydrogen-bond donors (Lipinski definition) is 2. The lowest BCUT2D eigenvalue weighted by Gasteiger charge is -2.22. The molecule has 1 atom stereocenters. The van der Waals surface area contributed by atoms with Crippen LogP contribution >= 0.6 is 0 Å². The molecular weight excluding hydrogens is 276 g/mol. The summed E-state index contributed by atoms with van der Waals surface area (Å²) in [7, 11) is 0. The Morgan fingerprint density at radius 1 is 1.38 bits per heavy atom. The number of alkyl carbamates (subject to hydrolysis) is 1. The average molecular weight is 296 g/mol. The van der Waals surface area contributed by atoms with Crippen molar-refractivity contribution in [1.82, 2.24) is 5.32 Å². The number of aliphatic hydroxyl groups is 1. The summed E-state index contributed by atoms with van der Waals surface area (Å²) in [4.78, 5) is 21.7. The van der Waals surface area contributed by atoms with Crippen LogP contribution in [0.2, 0.25) is 0 Å². The summed E-state index contributed by atoms with van der Waals surface area (Å²) in [5, 5.41) is 22.4. The van der Waals surface area contributed by atoms with Crippen molar-refractivity contribution in [1.29, 1.82) is 0 Å². The van der Waals surface area contributed by atoms with Gasteiger partial charge in [-0.1, -0.05) is 12.1 Å². The Bertz CT molecular complexity index is 493. The van der Waals surface area contributed by atoms with E-state index in [2.05, 4.69) is 5.32 Å². The van der Waals surface area contributed by atoms with Gasteiger partial charge in [0.1, 0.15) is 5.60 Å². The van der Waals surface area contributed by atoms with E-state index >= 15 is 0 Å². The second kappa shape index (κ2) is 7.03. The number of aliphatic hydroxyl groups excluding tert-OH is 1. The minimum absolute atomic E-state index is 0.000556. The fraction of sp³-hybridized carbons (Fsp3) is 0.500. The van der Waals surface area contributed by atoms with Crippen LogP contribution in [-0.4, -0.2) is 34.4 Å². The molecule has 0 saturated carbocycles. The first-order valence-corrected chi connectivity index (χ1v) is 6.55. The molecule has 2 N–H and O–H groups in total. The standard InChI is InChI=1S/C14H20N2O5/c1-14(2,3)21-13(18)15-11(9-17)8-10-4-6-12(7-5-10)16(19)20/h4-7,11,17H,8-9H2,1-3H3,(H,15,18)/t11-/m0/s1. The van der Waals surface area contributed by atoms with E-state index in [1.807, 2.05) is 0 Å². The third kappa shape index (κ3) is 6.22. The van der Waals surface area contributed by atoms with Gasteiger partial charge in [-0.2, -0.15) is 0 Å². The van der Waals surface area contributed by atoms with Gasteiger partial charge in [0, 0.05) is 12.1 Å². The third-order valence-electron chi connectivity index (χ3n) is 2.57. The highest BCUT2D eigenvalue weighted by Crippen LogP contribution is 2.13. The molecule has 0 radical (unpaired) electrons. The van der Waals surface area contributed by atoms with Crippen molar-refractivity contribution in [3.05, 3.63) is 39.9 Å². The molecule has 0 unspecified atom stereocenters. The molecule has 1 amide bonds. The molecule has 21 heavy (non-hydrogen) atoms. The van der Waals surface area contributed by atoms with E-state index < -0.39 is 22.7 Å². The lowest BCUT2D eigenvalue weighted by atomic mass is 10.1. The molecule has 116 valence electrons. The first-order chi connectivity index (χ1) is 9.71. The van der Waals surface area contributed by atoms with Crippen molar-refractivity contribution >= 4 is 11.8 Å². The molecule has 0 fully saturated rings. The Morgan fingerprint density at radius 3 is 2.38 bits per heavy atom. The molecule has 0 aliphatic rings. The second-order valence-corrected chi connectivity index (χ2v) is 5.65. The van der Waals surface area contributed by atoms with Crippen molar-refractivity contribution in [3.8, 4) is 0 Å². The molecule has 1 rings (SSSR count). The SMILES string of the molecule is CC(C)(C)OC(=O)N[C@H](CO)Cc1ccc([N+](=O)[O-])cc1. The lowest BCUT2D eigenvalue weighted by Crippen LogP contribution is -2.42. The first-order valence-electron chi connectivity index (χ1n) is 6.55. The summed E-state index contributed by atoms with van der Waals surface area (Å²) >= 11 is 0. The van der Waals surface area contributed by atoms with Crippen LogP contribution in [0.25, 0.3) is 0 Å². The molecule has 0 spiro atoms. The Morgan fingerprint density at radius 2 is 1.95 bits per heavy atom. The predicted octanol–water partition coefficient (Wildman–Crippen LogP) is 2.02. The molecule has 0 heterocycles. The highest BCUT2D eigenvalue weighted by molar-refractivity contribution is 5.68. The molecule has 7 heteroatoms. The maximum Gasteiger partial charge on any atom is 0.407 e. The van der Waals surface area contributed by atoms with E-state index in [1.54, 1.807) is 32.9 Å². The molecule has 7 nitrogen and oxygen atoms in total. The molecule has 0 bridgehead atoms. The zero-order valence-corrected chi connectivity index (χ0v) is 12.3. The van der Waals surface area contributed by atoms with Crippen LogP contribution in [0.4, 0.5) is 10.5 Å². The molecule has 1 aromatic carbocycles. The van der Waals surface area contributed by atoms with Crippen molar-refractivity contribution in [2.45, 2.75) is 38.8 Å². The van der Waals surface area contributed by atoms with E-state index in [1.165, 1.54) is 12.1 Å². The highest BCUT2D eigenvalue weighted by atomic mass is 16.6. The topological polar surface area (TPSA) is 102 Å². The largest absolute Gasteiger partial charge is 0.444 e. The summed E-state index contributed by atoms with van der Waals surface area (Å²) in [5.74, 6) is 0. The van der Waals surface area contributed by atoms with Gasteiger partial charge >= 0.3 is 6.09 Å². The van der Waals surface area contributed by atoms with Gasteiger partial charge in [0.2, 0.25) is 0 Å². The second-order valence-electron chi connectivity index (χ2n) is 5.65. The Kier molecular flexibility index (Phi) is 5.66. The maximum atomic E-state index is 11.6. The van der Waals surface area contributed by atoms with Gasteiger partial charge in [-0.3, -0.25) is 10.1 Å². The van der Waals surface area contributed by atoms with Crippen LogP contribution in [0.15, 0.2) is 24.3 Å². The van der Waals surface area contributed by atoms with Gasteiger partial charge in [0.25, 0.3) is 5.69 Å². The summed E-state index contributed by atoms with van der Waals surface area (Å²) < 4.78 is 5.11. The zero-order valence-electron chi connectivity index (χ0n) is 12.3. The minimum Gasteiger partial charge on any atom is -0.444 e. The molecule has 0 saturated heterocycles. The van der Waals surface area contributed by atoms with Crippen LogP contribution in [0.3, 0.4) is 0 Å². The quantitative estimate of drug-likeness (QED) is 0.639. The number of ether oxygens (including phenoxy) is 1. The number of nitrogens with one attached hydrogen (secondary N) is 1. The molecule has 0 aliphatic carbocycles. The fourth-order valence-corrected chi connectivity index (χ4v) is 1.67. The first kappa shape index (κ1) is 16.9. The zero-order chi connectivity index (χ0) is 16.0. The number of hydrogen-bond acceptors (Lipinski definition) is 5. The van der Waals surface area contributed by atoms with E-state index in [4.69, 9.17) is 4.74 Å². The number of nitrogens with zero attached hydrogens (tertiary/aromatic N) is 1. The Hall–Kier alpha value is -2.15. The van der Waals surface area contributed by atoms with Crippen molar-refractivity contribution < 1.29 is 19.6 Å². The summed E-state index contributed by atoms with van der Waals surface area (Å²) in [5.41, 5.74) is 0.160. The number of benzene rings is 1.